The second-order valence-corrected chi connectivity index (χ2v) is 11.4. The van der Waals surface area contributed by atoms with Gasteiger partial charge in [0.05, 0.1) is 19.8 Å². The Morgan fingerprint density at radius 3 is 2.35 bits per heavy atom. The molecule has 1 aliphatic rings. The van der Waals surface area contributed by atoms with E-state index in [1.54, 1.807) is 14.2 Å². The molecule has 1 fully saturated rings. The van der Waals surface area contributed by atoms with Gasteiger partial charge in [-0.2, -0.15) is 0 Å². The van der Waals surface area contributed by atoms with Gasteiger partial charge < -0.3 is 24.6 Å². The molecule has 0 aliphatic heterocycles. The van der Waals surface area contributed by atoms with Crippen LogP contribution in [-0.2, 0) is 16.0 Å². The highest BCUT2D eigenvalue weighted by molar-refractivity contribution is 5.79. The number of benzene rings is 1. The minimum Gasteiger partial charge on any atom is -0.493 e. The van der Waals surface area contributed by atoms with Crippen molar-refractivity contribution in [3.05, 3.63) is 23.8 Å². The van der Waals surface area contributed by atoms with E-state index in [0.29, 0.717) is 56.5 Å². The molecule has 3 atom stereocenters. The molecule has 0 bridgehead atoms. The minimum atomic E-state index is -1.58. The molecule has 2 N–H and O–H groups in total. The van der Waals surface area contributed by atoms with E-state index in [4.69, 9.17) is 14.2 Å². The van der Waals surface area contributed by atoms with E-state index in [1.807, 2.05) is 26.0 Å². The summed E-state index contributed by atoms with van der Waals surface area (Å²) < 4.78 is 31.3. The van der Waals surface area contributed by atoms with E-state index in [0.717, 1.165) is 37.9 Å². The van der Waals surface area contributed by atoms with Crippen molar-refractivity contribution < 1.29 is 28.5 Å². The zero-order chi connectivity index (χ0) is 27.4. The fourth-order valence-electron chi connectivity index (χ4n) is 5.19. The summed E-state index contributed by atoms with van der Waals surface area (Å²) in [5.74, 6) is 0.0162. The highest BCUT2D eigenvalue weighted by Crippen LogP contribution is 2.33. The normalized spacial score (nSPS) is 17.6. The molecule has 2 unspecified atom stereocenters. The van der Waals surface area contributed by atoms with Gasteiger partial charge in [-0.3, -0.25) is 4.79 Å². The summed E-state index contributed by atoms with van der Waals surface area (Å²) in [5.41, 5.74) is 1.17. The number of carbonyl (C=O) groups excluding carboxylic acids is 1. The van der Waals surface area contributed by atoms with Crippen LogP contribution in [-0.4, -0.2) is 50.3 Å². The summed E-state index contributed by atoms with van der Waals surface area (Å²) in [6.07, 6.45) is 5.24. The van der Waals surface area contributed by atoms with Gasteiger partial charge in [0.2, 0.25) is 5.91 Å². The summed E-state index contributed by atoms with van der Waals surface area (Å²) in [4.78, 5) is 12.9. The number of methoxy groups -OCH3 is 2. The first-order valence-corrected chi connectivity index (χ1v) is 14.1. The standard InChI is InChI=1S/C30H50FNO5/c1-21(2)24(18-23-10-13-27(36-6)28(19-23)37-17-9-16-35-5)11-12-25(33)20-26(22(3)4)29(34)32-30(31)14-7-8-15-30/h10,13,19,21-22,24-26,33H,7-9,11-12,14-18,20H2,1-6H3,(H,32,34)/t24?,25-,26?/m1/s1. The van der Waals surface area contributed by atoms with Gasteiger partial charge in [-0.1, -0.05) is 33.8 Å². The molecular formula is C30H50FNO5. The third kappa shape index (κ3) is 10.4. The topological polar surface area (TPSA) is 77.0 Å². The Kier molecular flexibility index (Phi) is 13.2. The first-order chi connectivity index (χ1) is 17.6. The average Bonchev–Trinajstić information content (AvgIpc) is 3.28. The van der Waals surface area contributed by atoms with Gasteiger partial charge in [0.15, 0.2) is 17.3 Å². The summed E-state index contributed by atoms with van der Waals surface area (Å²) in [6, 6.07) is 6.06. The molecule has 1 amide bonds. The lowest BCUT2D eigenvalue weighted by atomic mass is 9.82. The molecule has 1 aliphatic carbocycles. The van der Waals surface area contributed by atoms with E-state index in [1.165, 1.54) is 5.56 Å². The van der Waals surface area contributed by atoms with Gasteiger partial charge in [0.25, 0.3) is 0 Å². The number of nitrogens with one attached hydrogen (secondary N) is 1. The number of halogens is 1. The van der Waals surface area contributed by atoms with Crippen LogP contribution in [0.2, 0.25) is 0 Å². The second-order valence-electron chi connectivity index (χ2n) is 11.4. The van der Waals surface area contributed by atoms with Crippen LogP contribution in [0, 0.1) is 23.7 Å². The van der Waals surface area contributed by atoms with Gasteiger partial charge in [-0.15, -0.1) is 0 Å². The lowest BCUT2D eigenvalue weighted by Crippen LogP contribution is -2.47. The van der Waals surface area contributed by atoms with Gasteiger partial charge in [0.1, 0.15) is 0 Å². The van der Waals surface area contributed by atoms with Gasteiger partial charge in [-0.05, 0) is 74.0 Å². The Labute approximate surface area is 223 Å². The Morgan fingerprint density at radius 2 is 1.76 bits per heavy atom. The molecule has 0 heterocycles. The fourth-order valence-corrected chi connectivity index (χ4v) is 5.19. The van der Waals surface area contributed by atoms with E-state index in [2.05, 4.69) is 25.2 Å². The Morgan fingerprint density at radius 1 is 1.05 bits per heavy atom. The fraction of sp³-hybridized carbons (Fsp3) is 0.767. The molecular weight excluding hydrogens is 473 g/mol. The number of hydrogen-bond acceptors (Lipinski definition) is 5. The largest absolute Gasteiger partial charge is 0.493 e. The van der Waals surface area contributed by atoms with Crippen molar-refractivity contribution in [1.82, 2.24) is 5.32 Å². The average molecular weight is 524 g/mol. The molecule has 2 rings (SSSR count). The zero-order valence-electron chi connectivity index (χ0n) is 23.9. The van der Waals surface area contributed by atoms with Crippen LogP contribution in [0.15, 0.2) is 18.2 Å². The lowest BCUT2D eigenvalue weighted by molar-refractivity contribution is -0.132. The van der Waals surface area contributed by atoms with Crippen molar-refractivity contribution in [3.63, 3.8) is 0 Å². The van der Waals surface area contributed by atoms with Crippen molar-refractivity contribution in [3.8, 4) is 11.5 Å². The lowest BCUT2D eigenvalue weighted by Gasteiger charge is -2.28. The van der Waals surface area contributed by atoms with Crippen molar-refractivity contribution in [2.75, 3.05) is 27.4 Å². The first-order valence-electron chi connectivity index (χ1n) is 14.1. The number of carbonyl (C=O) groups is 1. The molecule has 1 saturated carbocycles. The Bertz CT molecular complexity index is 809. The third-order valence-corrected chi connectivity index (χ3v) is 7.70. The van der Waals surface area contributed by atoms with Crippen molar-refractivity contribution >= 4 is 5.91 Å². The minimum absolute atomic E-state index is 0.0298. The number of aliphatic hydroxyl groups is 1. The zero-order valence-corrected chi connectivity index (χ0v) is 23.9. The summed E-state index contributed by atoms with van der Waals surface area (Å²) in [6.45, 7) is 9.54. The molecule has 0 radical (unpaired) electrons. The maximum Gasteiger partial charge on any atom is 0.225 e. The molecule has 1 aromatic carbocycles. The molecule has 37 heavy (non-hydrogen) atoms. The Balaban J connectivity index is 1.95. The van der Waals surface area contributed by atoms with Crippen LogP contribution in [0.1, 0.15) is 84.6 Å². The van der Waals surface area contributed by atoms with E-state index in [9.17, 15) is 14.3 Å². The maximum atomic E-state index is 14.8. The highest BCUT2D eigenvalue weighted by atomic mass is 19.1. The summed E-state index contributed by atoms with van der Waals surface area (Å²) in [7, 11) is 3.32. The van der Waals surface area contributed by atoms with Crippen molar-refractivity contribution in [1.29, 1.82) is 0 Å². The number of rotatable bonds is 17. The number of hydrogen-bond donors (Lipinski definition) is 2. The quantitative estimate of drug-likeness (QED) is 0.191. The van der Waals surface area contributed by atoms with E-state index in [-0.39, 0.29) is 11.8 Å². The van der Waals surface area contributed by atoms with E-state index >= 15 is 0 Å². The molecule has 1 aromatic rings. The van der Waals surface area contributed by atoms with Crippen LogP contribution in [0.25, 0.3) is 0 Å². The summed E-state index contributed by atoms with van der Waals surface area (Å²) in [5, 5.41) is 13.5. The van der Waals surface area contributed by atoms with Crippen LogP contribution in [0.3, 0.4) is 0 Å². The molecule has 0 aromatic heterocycles. The predicted molar refractivity (Wildman–Crippen MR) is 146 cm³/mol. The second kappa shape index (κ2) is 15.5. The number of amides is 1. The maximum absolute atomic E-state index is 14.8. The van der Waals surface area contributed by atoms with Crippen LogP contribution in [0.5, 0.6) is 11.5 Å². The van der Waals surface area contributed by atoms with Crippen molar-refractivity contribution in [2.45, 2.75) is 97.4 Å². The smallest absolute Gasteiger partial charge is 0.225 e. The van der Waals surface area contributed by atoms with Crippen LogP contribution >= 0.6 is 0 Å². The van der Waals surface area contributed by atoms with E-state index < -0.39 is 17.8 Å². The summed E-state index contributed by atoms with van der Waals surface area (Å²) >= 11 is 0. The predicted octanol–water partition coefficient (Wildman–Crippen LogP) is 6.08. The molecule has 0 spiro atoms. The first kappa shape index (κ1) is 31.4. The highest BCUT2D eigenvalue weighted by Gasteiger charge is 2.37. The Hall–Kier alpha value is -1.86. The van der Waals surface area contributed by atoms with Crippen molar-refractivity contribution in [2.24, 2.45) is 23.7 Å². The third-order valence-electron chi connectivity index (χ3n) is 7.70. The van der Waals surface area contributed by atoms with Crippen LogP contribution < -0.4 is 14.8 Å². The SMILES string of the molecule is COCCCOc1cc(CC(CC[C@@H](O)CC(C(=O)NC2(F)CCCC2)C(C)C)C(C)C)ccc1OC. The number of ether oxygens (including phenoxy) is 3. The molecule has 212 valence electrons. The van der Waals surface area contributed by atoms with Gasteiger partial charge in [-0.25, -0.2) is 4.39 Å². The monoisotopic (exact) mass is 523 g/mol. The van der Waals surface area contributed by atoms with Gasteiger partial charge in [0, 0.05) is 38.9 Å². The molecule has 0 saturated heterocycles. The van der Waals surface area contributed by atoms with Crippen LogP contribution in [0.4, 0.5) is 4.39 Å². The van der Waals surface area contributed by atoms with Gasteiger partial charge >= 0.3 is 0 Å². The number of alkyl halides is 1. The molecule has 7 heteroatoms. The number of aliphatic hydroxyl groups excluding tert-OH is 1. The molecule has 6 nitrogen and oxygen atoms in total.